The minimum atomic E-state index is -0.916. The van der Waals surface area contributed by atoms with Crippen LogP contribution in [0.2, 0.25) is 0 Å². The molecule has 3 N–H and O–H groups in total. The number of anilines is 2. The number of carboxylic acid groups (broad SMARTS) is 1. The molecule has 0 spiro atoms. The van der Waals surface area contributed by atoms with Crippen LogP contribution in [0, 0.1) is 0 Å². The zero-order chi connectivity index (χ0) is 18.0. The van der Waals surface area contributed by atoms with Gasteiger partial charge >= 0.3 is 5.97 Å². The van der Waals surface area contributed by atoms with Crippen molar-refractivity contribution in [3.8, 4) is 0 Å². The molecule has 1 amide bonds. The van der Waals surface area contributed by atoms with E-state index in [1.165, 1.54) is 0 Å². The van der Waals surface area contributed by atoms with Gasteiger partial charge in [-0.15, -0.1) is 0 Å². The number of carbonyl (C=O) groups excluding carboxylic acids is 1. The van der Waals surface area contributed by atoms with Gasteiger partial charge in [-0.1, -0.05) is 6.07 Å². The monoisotopic (exact) mass is 338 g/mol. The molecule has 1 fully saturated rings. The number of rotatable bonds is 6. The molecule has 2 aromatic rings. The number of hydrogen-bond donors (Lipinski definition) is 3. The fourth-order valence-corrected chi connectivity index (χ4v) is 2.78. The van der Waals surface area contributed by atoms with E-state index in [0.29, 0.717) is 17.0 Å². The molecule has 5 nitrogen and oxygen atoms in total. The number of amides is 1. The second-order valence-electron chi connectivity index (χ2n) is 6.72. The van der Waals surface area contributed by atoms with Crippen LogP contribution in [0.25, 0.3) is 0 Å². The van der Waals surface area contributed by atoms with Crippen LogP contribution in [0.5, 0.6) is 0 Å². The summed E-state index contributed by atoms with van der Waals surface area (Å²) in [6, 6.07) is 12.5. The molecule has 3 rings (SSSR count). The summed E-state index contributed by atoms with van der Waals surface area (Å²) >= 11 is 0. The van der Waals surface area contributed by atoms with Gasteiger partial charge in [0, 0.05) is 23.0 Å². The number of benzene rings is 2. The van der Waals surface area contributed by atoms with Crippen LogP contribution >= 0.6 is 0 Å². The van der Waals surface area contributed by atoms with Crippen LogP contribution in [0.3, 0.4) is 0 Å². The van der Waals surface area contributed by atoms with Crippen LogP contribution in [0.4, 0.5) is 11.4 Å². The molecule has 0 saturated heterocycles. The second kappa shape index (κ2) is 6.97. The third-order valence-electron chi connectivity index (χ3n) is 4.14. The van der Waals surface area contributed by atoms with Crippen LogP contribution in [-0.2, 0) is 0 Å². The van der Waals surface area contributed by atoms with Gasteiger partial charge in [0.25, 0.3) is 5.91 Å². The van der Waals surface area contributed by atoms with Crippen molar-refractivity contribution < 1.29 is 14.7 Å². The Morgan fingerprint density at radius 2 is 1.84 bits per heavy atom. The van der Waals surface area contributed by atoms with Crippen molar-refractivity contribution in [1.29, 1.82) is 0 Å². The summed E-state index contributed by atoms with van der Waals surface area (Å²) in [5, 5.41) is 15.4. The summed E-state index contributed by atoms with van der Waals surface area (Å²) in [6.07, 6.45) is 2.16. The molecule has 5 heteroatoms. The molecular weight excluding hydrogens is 316 g/mol. The van der Waals surface area contributed by atoms with Crippen molar-refractivity contribution >= 4 is 23.3 Å². The zero-order valence-corrected chi connectivity index (χ0v) is 14.4. The van der Waals surface area contributed by atoms with Crippen molar-refractivity contribution in [2.24, 2.45) is 0 Å². The third kappa shape index (κ3) is 4.18. The molecule has 0 bridgehead atoms. The predicted octanol–water partition coefficient (Wildman–Crippen LogP) is 4.14. The summed E-state index contributed by atoms with van der Waals surface area (Å²) < 4.78 is 0. The van der Waals surface area contributed by atoms with Crippen LogP contribution < -0.4 is 10.6 Å². The molecular formula is C20H22N2O3. The lowest BCUT2D eigenvalue weighted by Crippen LogP contribution is -2.30. The molecule has 1 saturated carbocycles. The van der Waals surface area contributed by atoms with E-state index >= 15 is 0 Å². The van der Waals surface area contributed by atoms with E-state index in [4.69, 9.17) is 0 Å². The Balaban J connectivity index is 1.85. The molecule has 1 aliphatic carbocycles. The number of carboxylic acids is 1. The fraction of sp³-hybridized carbons (Fsp3) is 0.300. The molecule has 25 heavy (non-hydrogen) atoms. The molecule has 2 aromatic carbocycles. The van der Waals surface area contributed by atoms with Gasteiger partial charge < -0.3 is 15.7 Å². The largest absolute Gasteiger partial charge is 0.478 e. The first kappa shape index (κ1) is 17.0. The minimum absolute atomic E-state index is 0.0779. The number of nitrogens with one attached hydrogen (secondary N) is 2. The lowest BCUT2D eigenvalue weighted by molar-refractivity contribution is 0.0696. The Labute approximate surface area is 147 Å². The zero-order valence-electron chi connectivity index (χ0n) is 14.4. The quantitative estimate of drug-likeness (QED) is 0.739. The molecule has 0 radical (unpaired) electrons. The first-order valence-corrected chi connectivity index (χ1v) is 8.49. The average Bonchev–Trinajstić information content (AvgIpc) is 3.39. The normalized spacial score (nSPS) is 13.6. The van der Waals surface area contributed by atoms with Gasteiger partial charge in [0.2, 0.25) is 0 Å². The maximum absolute atomic E-state index is 12.2. The van der Waals surface area contributed by atoms with Gasteiger partial charge in [-0.05, 0) is 74.6 Å². The highest BCUT2D eigenvalue weighted by atomic mass is 16.4. The topological polar surface area (TPSA) is 78.4 Å². The molecule has 0 aliphatic heterocycles. The van der Waals surface area contributed by atoms with Crippen molar-refractivity contribution in [3.63, 3.8) is 0 Å². The summed E-state index contributed by atoms with van der Waals surface area (Å²) in [7, 11) is 0. The van der Waals surface area contributed by atoms with E-state index in [9.17, 15) is 14.7 Å². The molecule has 0 aromatic heterocycles. The SMILES string of the molecule is CC(C)NC(=O)c1cccc(Nc2ccc(C(=O)O)cc2C2CC2)c1. The number of aromatic carboxylic acids is 1. The van der Waals surface area contributed by atoms with Crippen LogP contribution in [0.1, 0.15) is 58.9 Å². The fourth-order valence-electron chi connectivity index (χ4n) is 2.78. The highest BCUT2D eigenvalue weighted by molar-refractivity contribution is 5.95. The van der Waals surface area contributed by atoms with Crippen molar-refractivity contribution in [2.75, 3.05) is 5.32 Å². The summed E-state index contributed by atoms with van der Waals surface area (Å²) in [5.74, 6) is -0.614. The minimum Gasteiger partial charge on any atom is -0.478 e. The molecule has 130 valence electrons. The van der Waals surface area contributed by atoms with Gasteiger partial charge in [-0.25, -0.2) is 4.79 Å². The third-order valence-corrected chi connectivity index (χ3v) is 4.14. The standard InChI is InChI=1S/C20H22N2O3/c1-12(2)21-19(23)14-4-3-5-16(10-14)22-18-9-8-15(20(24)25)11-17(18)13-6-7-13/h3-5,8-13,22H,6-7H2,1-2H3,(H,21,23)(H,24,25). The van der Waals surface area contributed by atoms with Gasteiger partial charge in [-0.3, -0.25) is 4.79 Å². The van der Waals surface area contributed by atoms with Gasteiger partial charge in [0.05, 0.1) is 5.56 Å². The van der Waals surface area contributed by atoms with Gasteiger partial charge in [0.1, 0.15) is 0 Å². The lowest BCUT2D eigenvalue weighted by atomic mass is 10.0. The number of carbonyl (C=O) groups is 2. The Morgan fingerprint density at radius 1 is 1.08 bits per heavy atom. The molecule has 0 unspecified atom stereocenters. The predicted molar refractivity (Wildman–Crippen MR) is 97.7 cm³/mol. The maximum Gasteiger partial charge on any atom is 0.335 e. The highest BCUT2D eigenvalue weighted by Crippen LogP contribution is 2.44. The summed E-state index contributed by atoms with van der Waals surface area (Å²) in [6.45, 7) is 3.85. The lowest BCUT2D eigenvalue weighted by Gasteiger charge is -2.14. The summed E-state index contributed by atoms with van der Waals surface area (Å²) in [4.78, 5) is 23.4. The van der Waals surface area contributed by atoms with Crippen molar-refractivity contribution in [2.45, 2.75) is 38.6 Å². The van der Waals surface area contributed by atoms with E-state index in [1.807, 2.05) is 26.0 Å². The van der Waals surface area contributed by atoms with Crippen molar-refractivity contribution in [3.05, 3.63) is 59.2 Å². The first-order chi connectivity index (χ1) is 11.9. The van der Waals surface area contributed by atoms with Crippen molar-refractivity contribution in [1.82, 2.24) is 5.32 Å². The Kier molecular flexibility index (Phi) is 4.74. The van der Waals surface area contributed by atoms with E-state index in [-0.39, 0.29) is 11.9 Å². The highest BCUT2D eigenvalue weighted by Gasteiger charge is 2.27. The van der Waals surface area contributed by atoms with E-state index in [2.05, 4.69) is 10.6 Å². The Hall–Kier alpha value is -2.82. The van der Waals surface area contributed by atoms with Crippen LogP contribution in [0.15, 0.2) is 42.5 Å². The molecule has 0 atom stereocenters. The molecule has 0 heterocycles. The molecule has 1 aliphatic rings. The van der Waals surface area contributed by atoms with E-state index in [0.717, 1.165) is 29.8 Å². The Bertz CT molecular complexity index is 810. The Morgan fingerprint density at radius 3 is 2.48 bits per heavy atom. The smallest absolute Gasteiger partial charge is 0.335 e. The van der Waals surface area contributed by atoms with Gasteiger partial charge in [0.15, 0.2) is 0 Å². The average molecular weight is 338 g/mol. The maximum atomic E-state index is 12.2. The van der Waals surface area contributed by atoms with Crippen LogP contribution in [-0.4, -0.2) is 23.0 Å². The van der Waals surface area contributed by atoms with E-state index < -0.39 is 5.97 Å². The number of hydrogen-bond acceptors (Lipinski definition) is 3. The van der Waals surface area contributed by atoms with E-state index in [1.54, 1.807) is 30.3 Å². The summed E-state index contributed by atoms with van der Waals surface area (Å²) in [5.41, 5.74) is 3.62. The first-order valence-electron chi connectivity index (χ1n) is 8.49. The second-order valence-corrected chi connectivity index (χ2v) is 6.72. The van der Waals surface area contributed by atoms with Gasteiger partial charge in [-0.2, -0.15) is 0 Å².